The maximum atomic E-state index is 12.3. The zero-order valence-electron chi connectivity index (χ0n) is 12.5. The SMILES string of the molecule is CC(CC1CCCCC1)C(=O)NC1(C(=O)O)CCCC1. The topological polar surface area (TPSA) is 66.4 Å². The van der Waals surface area contributed by atoms with Gasteiger partial charge in [0.15, 0.2) is 0 Å². The second kappa shape index (κ2) is 6.59. The van der Waals surface area contributed by atoms with Crippen molar-refractivity contribution in [3.63, 3.8) is 0 Å². The lowest BCUT2D eigenvalue weighted by Gasteiger charge is -2.29. The number of carboxylic acids is 1. The van der Waals surface area contributed by atoms with Gasteiger partial charge in [0.2, 0.25) is 5.91 Å². The lowest BCUT2D eigenvalue weighted by molar-refractivity contribution is -0.148. The molecule has 0 aliphatic heterocycles. The second-order valence-corrected chi connectivity index (χ2v) is 6.72. The van der Waals surface area contributed by atoms with Gasteiger partial charge < -0.3 is 10.4 Å². The van der Waals surface area contributed by atoms with Crippen molar-refractivity contribution in [1.29, 1.82) is 0 Å². The summed E-state index contributed by atoms with van der Waals surface area (Å²) in [5.41, 5.74) is -0.988. The lowest BCUT2D eigenvalue weighted by atomic mass is 9.82. The van der Waals surface area contributed by atoms with Crippen LogP contribution in [0.3, 0.4) is 0 Å². The number of carbonyl (C=O) groups excluding carboxylic acids is 1. The molecule has 2 fully saturated rings. The van der Waals surface area contributed by atoms with Crippen LogP contribution in [0.4, 0.5) is 0 Å². The van der Waals surface area contributed by atoms with Gasteiger partial charge in [-0.05, 0) is 25.2 Å². The van der Waals surface area contributed by atoms with Crippen molar-refractivity contribution in [2.24, 2.45) is 11.8 Å². The van der Waals surface area contributed by atoms with Crippen molar-refractivity contribution in [3.05, 3.63) is 0 Å². The van der Waals surface area contributed by atoms with Crippen LogP contribution >= 0.6 is 0 Å². The third-order valence-corrected chi connectivity index (χ3v) is 5.09. The standard InChI is InChI=1S/C16H27NO3/c1-12(11-13-7-3-2-4-8-13)14(18)17-16(15(19)20)9-5-6-10-16/h12-13H,2-11H2,1H3,(H,17,18)(H,19,20). The van der Waals surface area contributed by atoms with Crippen molar-refractivity contribution < 1.29 is 14.7 Å². The fourth-order valence-corrected chi connectivity index (χ4v) is 3.76. The first-order chi connectivity index (χ1) is 9.53. The zero-order valence-corrected chi connectivity index (χ0v) is 12.5. The molecule has 0 aromatic rings. The van der Waals surface area contributed by atoms with E-state index in [2.05, 4.69) is 5.32 Å². The molecule has 0 heterocycles. The molecular formula is C16H27NO3. The van der Waals surface area contributed by atoms with Crippen LogP contribution in [0.2, 0.25) is 0 Å². The van der Waals surface area contributed by atoms with Gasteiger partial charge in [-0.1, -0.05) is 51.9 Å². The molecule has 0 aromatic carbocycles. The molecular weight excluding hydrogens is 254 g/mol. The number of aliphatic carboxylic acids is 1. The number of hydrogen-bond donors (Lipinski definition) is 2. The number of carbonyl (C=O) groups is 2. The summed E-state index contributed by atoms with van der Waals surface area (Å²) in [6.07, 6.45) is 10.2. The summed E-state index contributed by atoms with van der Waals surface area (Å²) in [6.45, 7) is 1.94. The van der Waals surface area contributed by atoms with Gasteiger partial charge in [0, 0.05) is 5.92 Å². The highest BCUT2D eigenvalue weighted by Gasteiger charge is 2.43. The summed E-state index contributed by atoms with van der Waals surface area (Å²) in [5.74, 6) is -0.364. The molecule has 1 amide bonds. The summed E-state index contributed by atoms with van der Waals surface area (Å²) in [4.78, 5) is 23.8. The average molecular weight is 281 g/mol. The van der Waals surface area contributed by atoms with Gasteiger partial charge in [-0.2, -0.15) is 0 Å². The Kier molecular flexibility index (Phi) is 5.06. The number of hydrogen-bond acceptors (Lipinski definition) is 2. The van der Waals surface area contributed by atoms with Crippen LogP contribution in [0.25, 0.3) is 0 Å². The molecule has 1 atom stereocenters. The highest BCUT2D eigenvalue weighted by atomic mass is 16.4. The Bertz CT molecular complexity index is 355. The molecule has 1 unspecified atom stereocenters. The van der Waals surface area contributed by atoms with E-state index in [4.69, 9.17) is 0 Å². The van der Waals surface area contributed by atoms with Crippen LogP contribution in [0.15, 0.2) is 0 Å². The van der Waals surface area contributed by atoms with E-state index in [1.54, 1.807) is 0 Å². The quantitative estimate of drug-likeness (QED) is 0.813. The normalized spacial score (nSPS) is 24.2. The highest BCUT2D eigenvalue weighted by molar-refractivity contribution is 5.88. The second-order valence-electron chi connectivity index (χ2n) is 6.72. The van der Waals surface area contributed by atoms with Gasteiger partial charge in [-0.25, -0.2) is 4.79 Å². The lowest BCUT2D eigenvalue weighted by Crippen LogP contribution is -2.54. The van der Waals surface area contributed by atoms with Gasteiger partial charge in [0.05, 0.1) is 0 Å². The van der Waals surface area contributed by atoms with Crippen LogP contribution in [-0.2, 0) is 9.59 Å². The molecule has 0 radical (unpaired) electrons. The molecule has 2 N–H and O–H groups in total. The van der Waals surface area contributed by atoms with E-state index in [1.165, 1.54) is 32.1 Å². The van der Waals surface area contributed by atoms with E-state index in [1.807, 2.05) is 6.92 Å². The van der Waals surface area contributed by atoms with E-state index in [0.29, 0.717) is 18.8 Å². The van der Waals surface area contributed by atoms with Crippen LogP contribution < -0.4 is 5.32 Å². The van der Waals surface area contributed by atoms with E-state index in [0.717, 1.165) is 19.3 Å². The van der Waals surface area contributed by atoms with Crippen molar-refractivity contribution in [2.45, 2.75) is 76.7 Å². The Morgan fingerprint density at radius 1 is 1.15 bits per heavy atom. The van der Waals surface area contributed by atoms with Gasteiger partial charge >= 0.3 is 5.97 Å². The average Bonchev–Trinajstić information content (AvgIpc) is 2.89. The number of rotatable bonds is 5. The van der Waals surface area contributed by atoms with Gasteiger partial charge in [-0.3, -0.25) is 4.79 Å². The number of amides is 1. The molecule has 2 aliphatic carbocycles. The Morgan fingerprint density at radius 2 is 1.75 bits per heavy atom. The summed E-state index contributed by atoms with van der Waals surface area (Å²) in [7, 11) is 0. The first-order valence-electron chi connectivity index (χ1n) is 8.09. The maximum Gasteiger partial charge on any atom is 0.329 e. The molecule has 2 aliphatic rings. The first kappa shape index (κ1) is 15.3. The van der Waals surface area contributed by atoms with Crippen LogP contribution in [0, 0.1) is 11.8 Å². The third-order valence-electron chi connectivity index (χ3n) is 5.09. The number of nitrogens with one attached hydrogen (secondary N) is 1. The highest BCUT2D eigenvalue weighted by Crippen LogP contribution is 2.32. The predicted octanol–water partition coefficient (Wildman–Crippen LogP) is 3.11. The molecule has 114 valence electrons. The molecule has 2 saturated carbocycles. The summed E-state index contributed by atoms with van der Waals surface area (Å²) >= 11 is 0. The molecule has 0 saturated heterocycles. The van der Waals surface area contributed by atoms with Gasteiger partial charge in [0.1, 0.15) is 5.54 Å². The molecule has 4 heteroatoms. The van der Waals surface area contributed by atoms with Crippen molar-refractivity contribution in [3.8, 4) is 0 Å². The molecule has 20 heavy (non-hydrogen) atoms. The Labute approximate surface area is 121 Å². The molecule has 0 bridgehead atoms. The molecule has 4 nitrogen and oxygen atoms in total. The summed E-state index contributed by atoms with van der Waals surface area (Å²) in [5, 5.41) is 12.2. The fraction of sp³-hybridized carbons (Fsp3) is 0.875. The van der Waals surface area contributed by atoms with E-state index >= 15 is 0 Å². The molecule has 2 rings (SSSR count). The van der Waals surface area contributed by atoms with E-state index < -0.39 is 11.5 Å². The number of carboxylic acid groups (broad SMARTS) is 1. The van der Waals surface area contributed by atoms with Crippen LogP contribution in [-0.4, -0.2) is 22.5 Å². The summed E-state index contributed by atoms with van der Waals surface area (Å²) < 4.78 is 0. The monoisotopic (exact) mass is 281 g/mol. The van der Waals surface area contributed by atoms with Crippen molar-refractivity contribution >= 4 is 11.9 Å². The van der Waals surface area contributed by atoms with Gasteiger partial charge in [-0.15, -0.1) is 0 Å². The van der Waals surface area contributed by atoms with Crippen molar-refractivity contribution in [1.82, 2.24) is 5.32 Å². The fourth-order valence-electron chi connectivity index (χ4n) is 3.76. The van der Waals surface area contributed by atoms with Crippen LogP contribution in [0.1, 0.15) is 71.1 Å². The predicted molar refractivity (Wildman–Crippen MR) is 77.3 cm³/mol. The van der Waals surface area contributed by atoms with Gasteiger partial charge in [0.25, 0.3) is 0 Å². The zero-order chi connectivity index (χ0) is 14.6. The first-order valence-corrected chi connectivity index (χ1v) is 8.09. The Hall–Kier alpha value is -1.06. The minimum atomic E-state index is -0.988. The minimum Gasteiger partial charge on any atom is -0.480 e. The Morgan fingerprint density at radius 3 is 2.30 bits per heavy atom. The molecule has 0 aromatic heterocycles. The largest absolute Gasteiger partial charge is 0.480 e. The summed E-state index contributed by atoms with van der Waals surface area (Å²) in [6, 6.07) is 0. The van der Waals surface area contributed by atoms with Crippen LogP contribution in [0.5, 0.6) is 0 Å². The molecule has 0 spiro atoms. The minimum absolute atomic E-state index is 0.0696. The van der Waals surface area contributed by atoms with Crippen molar-refractivity contribution in [2.75, 3.05) is 0 Å². The maximum absolute atomic E-state index is 12.3. The van der Waals surface area contributed by atoms with E-state index in [9.17, 15) is 14.7 Å². The van der Waals surface area contributed by atoms with E-state index in [-0.39, 0.29) is 11.8 Å². The Balaban J connectivity index is 1.87. The third kappa shape index (κ3) is 3.53. The smallest absolute Gasteiger partial charge is 0.329 e.